The summed E-state index contributed by atoms with van der Waals surface area (Å²) in [6.45, 7) is 4.61. The van der Waals surface area contributed by atoms with E-state index in [0.717, 1.165) is 34.7 Å². The fraction of sp³-hybridized carbons (Fsp3) is 0.308. The molecule has 0 aliphatic carbocycles. The first-order valence-electron chi connectivity index (χ1n) is 11.7. The second-order valence-corrected chi connectivity index (χ2v) is 9.13. The third-order valence-corrected chi connectivity index (χ3v) is 6.41. The second-order valence-electron chi connectivity index (χ2n) is 8.69. The van der Waals surface area contributed by atoms with Gasteiger partial charge in [-0.3, -0.25) is 9.69 Å². The topological polar surface area (TPSA) is 78.1 Å². The molecule has 1 aliphatic heterocycles. The van der Waals surface area contributed by atoms with Gasteiger partial charge in [0.2, 0.25) is 11.9 Å². The lowest BCUT2D eigenvalue weighted by Crippen LogP contribution is -2.40. The van der Waals surface area contributed by atoms with E-state index >= 15 is 0 Å². The predicted octanol–water partition coefficient (Wildman–Crippen LogP) is 4.76. The highest BCUT2D eigenvalue weighted by molar-refractivity contribution is 6.30. The number of aromatic nitrogens is 5. The number of carbonyl (C=O) groups is 1. The van der Waals surface area contributed by atoms with E-state index < -0.39 is 0 Å². The number of carbonyl (C=O) groups excluding carboxylic acids is 1. The van der Waals surface area contributed by atoms with Crippen molar-refractivity contribution in [3.8, 4) is 11.4 Å². The molecule has 0 spiro atoms. The number of rotatable bonds is 7. The minimum absolute atomic E-state index is 0.0555. The van der Waals surface area contributed by atoms with Crippen molar-refractivity contribution in [3.63, 3.8) is 0 Å². The number of hydrogen-bond acceptors (Lipinski definition) is 5. The Labute approximate surface area is 209 Å². The van der Waals surface area contributed by atoms with E-state index in [1.54, 1.807) is 18.3 Å². The molecule has 4 aromatic rings. The van der Waals surface area contributed by atoms with Crippen molar-refractivity contribution in [1.29, 1.82) is 0 Å². The number of halogens is 1. The molecule has 1 atom stereocenters. The average Bonchev–Trinajstić information content (AvgIpc) is 3.47. The van der Waals surface area contributed by atoms with Gasteiger partial charge in [0.1, 0.15) is 5.75 Å². The van der Waals surface area contributed by atoms with Crippen LogP contribution in [0.15, 0.2) is 55.0 Å². The first-order chi connectivity index (χ1) is 17.0. The first-order valence-corrected chi connectivity index (χ1v) is 12.0. The summed E-state index contributed by atoms with van der Waals surface area (Å²) in [5.74, 6) is 2.05. The van der Waals surface area contributed by atoms with Crippen LogP contribution < -0.4 is 9.64 Å². The molecule has 0 N–H and O–H groups in total. The smallest absolute Gasteiger partial charge is 0.231 e. The molecule has 3 heterocycles. The highest BCUT2D eigenvalue weighted by atomic mass is 35.5. The predicted molar refractivity (Wildman–Crippen MR) is 135 cm³/mol. The van der Waals surface area contributed by atoms with Gasteiger partial charge in [-0.2, -0.15) is 10.1 Å². The normalized spacial score (nSPS) is 15.4. The van der Waals surface area contributed by atoms with Crippen LogP contribution in [0.3, 0.4) is 0 Å². The molecule has 0 radical (unpaired) electrons. The van der Waals surface area contributed by atoms with Crippen molar-refractivity contribution in [2.75, 3.05) is 18.6 Å². The zero-order valence-electron chi connectivity index (χ0n) is 20.0. The molecular formula is C26H27ClN6O2. The maximum atomic E-state index is 13.0. The van der Waals surface area contributed by atoms with Crippen LogP contribution in [0.2, 0.25) is 5.02 Å². The number of ether oxygens (including phenoxy) is 1. The van der Waals surface area contributed by atoms with Gasteiger partial charge in [0, 0.05) is 24.2 Å². The van der Waals surface area contributed by atoms with E-state index in [2.05, 4.69) is 11.9 Å². The molecule has 1 aliphatic rings. The van der Waals surface area contributed by atoms with E-state index in [0.29, 0.717) is 36.2 Å². The van der Waals surface area contributed by atoms with Crippen molar-refractivity contribution in [2.24, 2.45) is 0 Å². The number of hydrogen-bond donors (Lipinski definition) is 0. The van der Waals surface area contributed by atoms with Crippen molar-refractivity contribution >= 4 is 23.5 Å². The van der Waals surface area contributed by atoms with Crippen LogP contribution >= 0.6 is 11.6 Å². The summed E-state index contributed by atoms with van der Waals surface area (Å²) in [6, 6.07) is 13.4. The molecule has 1 unspecified atom stereocenters. The van der Waals surface area contributed by atoms with Crippen LogP contribution in [-0.2, 0) is 11.2 Å². The second kappa shape index (κ2) is 9.54. The Balaban J connectivity index is 1.49. The van der Waals surface area contributed by atoms with Crippen molar-refractivity contribution in [3.05, 3.63) is 82.7 Å². The molecule has 9 heteroatoms. The molecule has 0 fully saturated rings. The van der Waals surface area contributed by atoms with Crippen molar-refractivity contribution in [2.45, 2.75) is 39.2 Å². The van der Waals surface area contributed by atoms with Crippen LogP contribution in [0.4, 0.5) is 5.95 Å². The number of imidazole rings is 1. The zero-order valence-corrected chi connectivity index (χ0v) is 20.7. The number of benzene rings is 2. The van der Waals surface area contributed by atoms with Crippen molar-refractivity contribution in [1.82, 2.24) is 24.3 Å². The lowest BCUT2D eigenvalue weighted by Gasteiger charge is -2.31. The number of nitrogens with zero attached hydrogens (tertiary/aromatic N) is 6. The number of fused-ring (bicyclic) bond motifs is 1. The van der Waals surface area contributed by atoms with Gasteiger partial charge < -0.3 is 9.30 Å². The molecular weight excluding hydrogens is 464 g/mol. The van der Waals surface area contributed by atoms with Gasteiger partial charge in [-0.1, -0.05) is 36.7 Å². The van der Waals surface area contributed by atoms with Gasteiger partial charge in [-0.05, 0) is 48.7 Å². The molecule has 35 heavy (non-hydrogen) atoms. The maximum absolute atomic E-state index is 13.0. The SMILES string of the molecule is CCCN1C(=O)CC(c2ccc(Cl)cc2)n2nc(Cc3ccc(-n4cnc(C)c4)c(OC)c3)nc21. The van der Waals surface area contributed by atoms with E-state index in [9.17, 15) is 4.79 Å². The average molecular weight is 491 g/mol. The molecule has 2 aromatic carbocycles. The van der Waals surface area contributed by atoms with Crippen LogP contribution in [0, 0.1) is 6.92 Å². The van der Waals surface area contributed by atoms with Crippen LogP contribution in [0.5, 0.6) is 5.75 Å². The fourth-order valence-corrected chi connectivity index (χ4v) is 4.60. The van der Waals surface area contributed by atoms with Crippen LogP contribution in [-0.4, -0.2) is 43.9 Å². The number of anilines is 1. The Morgan fingerprint density at radius 3 is 2.66 bits per heavy atom. The Bertz CT molecular complexity index is 1360. The van der Waals surface area contributed by atoms with E-state index in [1.807, 2.05) is 64.8 Å². The standard InChI is InChI=1S/C26H27ClN6O2/c1-4-11-32-25(34)14-22(19-6-8-20(27)9-7-19)33-26(32)29-24(30-33)13-18-5-10-21(23(12-18)35-3)31-15-17(2)28-16-31/h5-10,12,15-16,22H,4,11,13-14H2,1-3H3. The van der Waals surface area contributed by atoms with Gasteiger partial charge >= 0.3 is 0 Å². The molecule has 2 aromatic heterocycles. The Morgan fingerprint density at radius 1 is 1.17 bits per heavy atom. The Hall–Kier alpha value is -3.65. The third kappa shape index (κ3) is 4.53. The highest BCUT2D eigenvalue weighted by Crippen LogP contribution is 2.33. The highest BCUT2D eigenvalue weighted by Gasteiger charge is 2.34. The number of amides is 1. The fourth-order valence-electron chi connectivity index (χ4n) is 4.47. The summed E-state index contributed by atoms with van der Waals surface area (Å²) in [5.41, 5.74) is 3.85. The quantitative estimate of drug-likeness (QED) is 0.373. The van der Waals surface area contributed by atoms with E-state index in [4.69, 9.17) is 26.4 Å². The maximum Gasteiger partial charge on any atom is 0.231 e. The van der Waals surface area contributed by atoms with Crippen molar-refractivity contribution < 1.29 is 9.53 Å². The summed E-state index contributed by atoms with van der Waals surface area (Å²) in [5, 5.41) is 5.51. The van der Waals surface area contributed by atoms with Gasteiger partial charge in [0.05, 0.1) is 37.3 Å². The number of aryl methyl sites for hydroxylation is 1. The minimum atomic E-state index is -0.217. The Morgan fingerprint density at radius 2 is 1.97 bits per heavy atom. The molecule has 1 amide bonds. The summed E-state index contributed by atoms with van der Waals surface area (Å²) in [7, 11) is 1.66. The molecule has 8 nitrogen and oxygen atoms in total. The molecule has 0 saturated carbocycles. The van der Waals surface area contributed by atoms with Gasteiger partial charge in [-0.15, -0.1) is 0 Å². The molecule has 0 saturated heterocycles. The monoisotopic (exact) mass is 490 g/mol. The van der Waals surface area contributed by atoms with Gasteiger partial charge in [-0.25, -0.2) is 9.67 Å². The van der Waals surface area contributed by atoms with Crippen LogP contribution in [0.25, 0.3) is 5.69 Å². The largest absolute Gasteiger partial charge is 0.495 e. The summed E-state index contributed by atoms with van der Waals surface area (Å²) >= 11 is 6.09. The van der Waals surface area contributed by atoms with E-state index in [1.165, 1.54) is 0 Å². The van der Waals surface area contributed by atoms with Crippen LogP contribution in [0.1, 0.15) is 48.5 Å². The van der Waals surface area contributed by atoms with Gasteiger partial charge in [0.15, 0.2) is 5.82 Å². The molecule has 5 rings (SSSR count). The van der Waals surface area contributed by atoms with Gasteiger partial charge in [0.25, 0.3) is 0 Å². The zero-order chi connectivity index (χ0) is 24.5. The lowest BCUT2D eigenvalue weighted by molar-refractivity contribution is -0.120. The third-order valence-electron chi connectivity index (χ3n) is 6.16. The number of methoxy groups -OCH3 is 1. The summed E-state index contributed by atoms with van der Waals surface area (Å²) in [4.78, 5) is 23.9. The molecule has 180 valence electrons. The first kappa shape index (κ1) is 23.1. The Kier molecular flexibility index (Phi) is 6.30. The summed E-state index contributed by atoms with van der Waals surface area (Å²) < 4.78 is 9.48. The molecule has 0 bridgehead atoms. The van der Waals surface area contributed by atoms with E-state index in [-0.39, 0.29) is 11.9 Å². The summed E-state index contributed by atoms with van der Waals surface area (Å²) in [6.07, 6.45) is 5.42. The lowest BCUT2D eigenvalue weighted by atomic mass is 10.0. The minimum Gasteiger partial charge on any atom is -0.495 e.